The van der Waals surface area contributed by atoms with Crippen molar-refractivity contribution >= 4 is 14.4 Å². The number of likely N-dealkylation sites (tertiary alicyclic amines) is 1. The Bertz CT molecular complexity index is 1300. The van der Waals surface area contributed by atoms with E-state index in [4.69, 9.17) is 9.16 Å². The van der Waals surface area contributed by atoms with Gasteiger partial charge in [-0.05, 0) is 95.4 Å². The van der Waals surface area contributed by atoms with Gasteiger partial charge in [-0.15, -0.1) is 0 Å². The van der Waals surface area contributed by atoms with Gasteiger partial charge < -0.3 is 9.16 Å². The summed E-state index contributed by atoms with van der Waals surface area (Å²) in [4.78, 5) is 17.9. The molecule has 0 N–H and O–H groups in total. The molecule has 44 heavy (non-hydrogen) atoms. The third-order valence-corrected chi connectivity index (χ3v) is 8.84. The lowest BCUT2D eigenvalue weighted by Crippen LogP contribution is -2.58. The standard InChI is InChI=1S/C36H48F2N2O3Si/c1-26-18-19-32(40(26)35(41)42-36(2,3)4)34(43-44(5,6)7)33(22-29-20-30(37)23-31(38)21-29)39(24-27-14-10-8-11-15-27)25-28-16-12-9-13-17-28/h8-17,20-21,23,26,32-34H,18-19,22,24-25H2,1-7H3/t26?,32-,33+,34-/m1/s1. The smallest absolute Gasteiger partial charge is 0.410 e. The number of hydrogen-bond acceptors (Lipinski definition) is 4. The molecule has 1 amide bonds. The number of carbonyl (C=O) groups is 1. The molecule has 1 unspecified atom stereocenters. The second-order valence-corrected chi connectivity index (χ2v) is 18.5. The SMILES string of the molecule is CC1CC[C@H]([C@@H](O[Si](C)(C)C)[C@H](Cc2cc(F)cc(F)c2)N(Cc2ccccc2)Cc2ccccc2)N1C(=O)OC(C)(C)C. The maximum Gasteiger partial charge on any atom is 0.410 e. The molecule has 238 valence electrons. The molecule has 0 aliphatic carbocycles. The average Bonchev–Trinajstić information content (AvgIpc) is 3.31. The zero-order chi connectivity index (χ0) is 32.1. The lowest BCUT2D eigenvalue weighted by Gasteiger charge is -2.45. The van der Waals surface area contributed by atoms with Crippen LogP contribution in [0.5, 0.6) is 0 Å². The predicted octanol–water partition coefficient (Wildman–Crippen LogP) is 8.59. The molecule has 8 heteroatoms. The molecule has 0 saturated carbocycles. The van der Waals surface area contributed by atoms with E-state index >= 15 is 0 Å². The summed E-state index contributed by atoms with van der Waals surface area (Å²) in [5, 5.41) is 0. The minimum absolute atomic E-state index is 0.0356. The summed E-state index contributed by atoms with van der Waals surface area (Å²) in [6, 6.07) is 23.5. The van der Waals surface area contributed by atoms with Crippen LogP contribution < -0.4 is 0 Å². The number of ether oxygens (including phenoxy) is 1. The summed E-state index contributed by atoms with van der Waals surface area (Å²) in [6.45, 7) is 15.3. The van der Waals surface area contributed by atoms with E-state index in [0.717, 1.165) is 30.0 Å². The highest BCUT2D eigenvalue weighted by molar-refractivity contribution is 6.69. The third-order valence-electron chi connectivity index (χ3n) is 7.86. The lowest BCUT2D eigenvalue weighted by molar-refractivity contribution is -0.0242. The Morgan fingerprint density at radius 2 is 1.41 bits per heavy atom. The van der Waals surface area contributed by atoms with E-state index in [1.807, 2.05) is 62.1 Å². The zero-order valence-electron chi connectivity index (χ0n) is 27.2. The van der Waals surface area contributed by atoms with Gasteiger partial charge >= 0.3 is 6.09 Å². The molecule has 1 fully saturated rings. The minimum atomic E-state index is -2.21. The molecule has 1 saturated heterocycles. The Labute approximate surface area is 263 Å². The molecule has 0 radical (unpaired) electrons. The van der Waals surface area contributed by atoms with E-state index in [9.17, 15) is 13.6 Å². The van der Waals surface area contributed by atoms with E-state index in [1.165, 1.54) is 12.1 Å². The topological polar surface area (TPSA) is 42.0 Å². The van der Waals surface area contributed by atoms with Crippen molar-refractivity contribution < 1.29 is 22.7 Å². The number of halogens is 2. The maximum atomic E-state index is 14.6. The maximum absolute atomic E-state index is 14.6. The molecule has 1 heterocycles. The molecule has 4 rings (SSSR count). The van der Waals surface area contributed by atoms with E-state index < -0.39 is 31.7 Å². The predicted molar refractivity (Wildman–Crippen MR) is 175 cm³/mol. The molecular weight excluding hydrogens is 574 g/mol. The highest BCUT2D eigenvalue weighted by Crippen LogP contribution is 2.35. The number of carbonyl (C=O) groups excluding carboxylic acids is 1. The van der Waals surface area contributed by atoms with Crippen LogP contribution in [0.25, 0.3) is 0 Å². The summed E-state index contributed by atoms with van der Waals surface area (Å²) in [6.07, 6.45) is 1.11. The first-order valence-electron chi connectivity index (χ1n) is 15.6. The van der Waals surface area contributed by atoms with Crippen molar-refractivity contribution in [2.24, 2.45) is 0 Å². The first-order valence-corrected chi connectivity index (χ1v) is 19.1. The molecule has 1 aliphatic heterocycles. The Balaban J connectivity index is 1.85. The van der Waals surface area contributed by atoms with Gasteiger partial charge in [-0.1, -0.05) is 60.7 Å². The van der Waals surface area contributed by atoms with E-state index in [2.05, 4.69) is 55.7 Å². The van der Waals surface area contributed by atoms with E-state index in [-0.39, 0.29) is 24.2 Å². The van der Waals surface area contributed by atoms with Gasteiger partial charge in [0.25, 0.3) is 0 Å². The van der Waals surface area contributed by atoms with Gasteiger partial charge in [0, 0.05) is 31.2 Å². The van der Waals surface area contributed by atoms with Crippen LogP contribution in [-0.4, -0.2) is 54.0 Å². The second-order valence-electron chi connectivity index (χ2n) is 14.0. The third kappa shape index (κ3) is 9.71. The number of rotatable bonds is 11. The van der Waals surface area contributed by atoms with Gasteiger partial charge in [0.1, 0.15) is 17.2 Å². The summed E-state index contributed by atoms with van der Waals surface area (Å²) in [5.74, 6) is -1.21. The molecule has 1 aliphatic rings. The van der Waals surface area contributed by atoms with Crippen LogP contribution in [0.4, 0.5) is 13.6 Å². The molecular formula is C36H48F2N2O3Si. The summed E-state index contributed by atoms with van der Waals surface area (Å²) in [5.41, 5.74) is 2.14. The van der Waals surface area contributed by atoms with Crippen molar-refractivity contribution in [3.8, 4) is 0 Å². The van der Waals surface area contributed by atoms with Crippen molar-refractivity contribution in [2.45, 2.75) is 110 Å². The van der Waals surface area contributed by atoms with Crippen molar-refractivity contribution in [3.63, 3.8) is 0 Å². The Morgan fingerprint density at radius 1 is 0.886 bits per heavy atom. The van der Waals surface area contributed by atoms with Crippen LogP contribution in [0, 0.1) is 11.6 Å². The minimum Gasteiger partial charge on any atom is -0.444 e. The monoisotopic (exact) mass is 622 g/mol. The first-order chi connectivity index (χ1) is 20.7. The van der Waals surface area contributed by atoms with Gasteiger partial charge in [0.15, 0.2) is 8.32 Å². The first kappa shape index (κ1) is 33.8. The van der Waals surface area contributed by atoms with Crippen LogP contribution >= 0.6 is 0 Å². The number of benzene rings is 3. The summed E-state index contributed by atoms with van der Waals surface area (Å²) in [7, 11) is -2.21. The molecule has 5 nitrogen and oxygen atoms in total. The average molecular weight is 623 g/mol. The zero-order valence-corrected chi connectivity index (χ0v) is 28.2. The number of nitrogens with zero attached hydrogens (tertiary/aromatic N) is 2. The van der Waals surface area contributed by atoms with Gasteiger partial charge in [0.05, 0.1) is 12.1 Å². The van der Waals surface area contributed by atoms with Gasteiger partial charge in [0.2, 0.25) is 0 Å². The molecule has 0 bridgehead atoms. The van der Waals surface area contributed by atoms with E-state index in [1.54, 1.807) is 0 Å². The fourth-order valence-electron chi connectivity index (χ4n) is 6.14. The highest BCUT2D eigenvalue weighted by atomic mass is 28.4. The number of hydrogen-bond donors (Lipinski definition) is 0. The van der Waals surface area contributed by atoms with E-state index in [0.29, 0.717) is 25.1 Å². The van der Waals surface area contributed by atoms with Gasteiger partial charge in [-0.2, -0.15) is 0 Å². The number of amides is 1. The quantitative estimate of drug-likeness (QED) is 0.201. The normalized spacial score (nSPS) is 18.8. The van der Waals surface area contributed by atoms with Crippen LogP contribution in [0.1, 0.15) is 57.2 Å². The summed E-state index contributed by atoms with van der Waals surface area (Å²) >= 11 is 0. The highest BCUT2D eigenvalue weighted by Gasteiger charge is 2.47. The van der Waals surface area contributed by atoms with Crippen molar-refractivity contribution in [1.29, 1.82) is 0 Å². The van der Waals surface area contributed by atoms with Crippen LogP contribution in [0.2, 0.25) is 19.6 Å². The largest absolute Gasteiger partial charge is 0.444 e. The molecule has 4 atom stereocenters. The molecule has 0 spiro atoms. The fraction of sp³-hybridized carbons (Fsp3) is 0.472. The van der Waals surface area contributed by atoms with Gasteiger partial charge in [-0.25, -0.2) is 13.6 Å². The van der Waals surface area contributed by atoms with Gasteiger partial charge in [-0.3, -0.25) is 9.80 Å². The van der Waals surface area contributed by atoms with Crippen molar-refractivity contribution in [2.75, 3.05) is 0 Å². The summed E-state index contributed by atoms with van der Waals surface area (Å²) < 4.78 is 42.2. The Kier molecular flexibility index (Phi) is 11.0. The lowest BCUT2D eigenvalue weighted by atomic mass is 9.92. The fourth-order valence-corrected chi connectivity index (χ4v) is 7.27. The van der Waals surface area contributed by atoms with Crippen LogP contribution in [0.15, 0.2) is 78.9 Å². The Hall–Kier alpha value is -3.07. The molecule has 0 aromatic heterocycles. The Morgan fingerprint density at radius 3 is 1.89 bits per heavy atom. The van der Waals surface area contributed by atoms with Crippen molar-refractivity contribution in [1.82, 2.24) is 9.80 Å². The van der Waals surface area contributed by atoms with Crippen LogP contribution in [0.3, 0.4) is 0 Å². The molecule has 3 aromatic carbocycles. The van der Waals surface area contributed by atoms with Crippen LogP contribution in [-0.2, 0) is 28.7 Å². The van der Waals surface area contributed by atoms with Crippen molar-refractivity contribution in [3.05, 3.63) is 107 Å². The second kappa shape index (κ2) is 14.4. The molecule has 3 aromatic rings.